The molecule has 0 saturated heterocycles. The fraction of sp³-hybridized carbons (Fsp3) is 0.310. The first-order valence-corrected chi connectivity index (χ1v) is 14.6. The highest BCUT2D eigenvalue weighted by Crippen LogP contribution is 2.35. The number of rotatable bonds is 13. The molecule has 3 aromatic carbocycles. The molecule has 0 unspecified atom stereocenters. The van der Waals surface area contributed by atoms with Gasteiger partial charge in [0, 0.05) is 18.1 Å². The number of hydrogen-bond acceptors (Lipinski definition) is 6. The predicted octanol–water partition coefficient (Wildman–Crippen LogP) is 4.50. The van der Waals surface area contributed by atoms with Crippen molar-refractivity contribution in [3.8, 4) is 11.5 Å². The van der Waals surface area contributed by atoms with Gasteiger partial charge in [-0.15, -0.1) is 0 Å². The topological polar surface area (TPSA) is 105 Å². The van der Waals surface area contributed by atoms with E-state index in [-0.39, 0.29) is 33.8 Å². The summed E-state index contributed by atoms with van der Waals surface area (Å²) in [6.45, 7) is 3.42. The van der Waals surface area contributed by atoms with Crippen LogP contribution in [0.3, 0.4) is 0 Å². The second kappa shape index (κ2) is 14.0. The molecule has 0 aliphatic rings. The molecule has 0 bridgehead atoms. The number of ether oxygens (including phenoxy) is 2. The fourth-order valence-corrected chi connectivity index (χ4v) is 5.64. The summed E-state index contributed by atoms with van der Waals surface area (Å²) in [4.78, 5) is 28.3. The van der Waals surface area contributed by atoms with Crippen LogP contribution in [0.15, 0.2) is 77.7 Å². The van der Waals surface area contributed by atoms with Gasteiger partial charge in [0.05, 0.1) is 24.8 Å². The Labute approximate surface area is 240 Å². The maximum Gasteiger partial charge on any atom is 0.264 e. The minimum absolute atomic E-state index is 0.0158. The molecular formula is C29H34ClN3O6S. The molecule has 2 amide bonds. The van der Waals surface area contributed by atoms with Gasteiger partial charge in [0.1, 0.15) is 24.1 Å². The van der Waals surface area contributed by atoms with Gasteiger partial charge in [0.2, 0.25) is 11.8 Å². The number of nitrogens with zero attached hydrogens (tertiary/aromatic N) is 2. The lowest BCUT2D eigenvalue weighted by Crippen LogP contribution is -2.51. The van der Waals surface area contributed by atoms with E-state index in [0.29, 0.717) is 17.9 Å². The Bertz CT molecular complexity index is 1420. The number of benzene rings is 3. The van der Waals surface area contributed by atoms with Gasteiger partial charge < -0.3 is 19.7 Å². The second-order valence-corrected chi connectivity index (χ2v) is 11.3. The van der Waals surface area contributed by atoms with E-state index in [4.69, 9.17) is 21.1 Å². The van der Waals surface area contributed by atoms with Crippen LogP contribution >= 0.6 is 11.6 Å². The smallest absolute Gasteiger partial charge is 0.264 e. The quantitative estimate of drug-likeness (QED) is 0.316. The van der Waals surface area contributed by atoms with Gasteiger partial charge in [0.15, 0.2) is 0 Å². The van der Waals surface area contributed by atoms with Crippen molar-refractivity contribution >= 4 is 39.1 Å². The Balaban J connectivity index is 2.08. The van der Waals surface area contributed by atoms with E-state index in [1.54, 1.807) is 55.5 Å². The third-order valence-corrected chi connectivity index (χ3v) is 8.23. The molecule has 0 aromatic heterocycles. The highest BCUT2D eigenvalue weighted by Gasteiger charge is 2.34. The maximum absolute atomic E-state index is 14.0. The summed E-state index contributed by atoms with van der Waals surface area (Å²) < 4.78 is 39.6. The molecule has 3 aromatic rings. The summed E-state index contributed by atoms with van der Waals surface area (Å²) in [5.41, 5.74) is 0.803. The Morgan fingerprint density at radius 2 is 1.70 bits per heavy atom. The molecule has 9 nitrogen and oxygen atoms in total. The van der Waals surface area contributed by atoms with Gasteiger partial charge in [-0.2, -0.15) is 0 Å². The van der Waals surface area contributed by atoms with E-state index in [1.165, 1.54) is 43.4 Å². The van der Waals surface area contributed by atoms with Crippen LogP contribution in [0.1, 0.15) is 25.8 Å². The van der Waals surface area contributed by atoms with Crippen LogP contribution in [-0.4, -0.2) is 58.5 Å². The normalized spacial score (nSPS) is 11.8. The number of hydrogen-bond donors (Lipinski definition) is 1. The summed E-state index contributed by atoms with van der Waals surface area (Å²) in [6, 6.07) is 18.5. The van der Waals surface area contributed by atoms with Crippen molar-refractivity contribution in [2.75, 3.05) is 31.6 Å². The lowest BCUT2D eigenvalue weighted by Gasteiger charge is -2.32. The largest absolute Gasteiger partial charge is 0.497 e. The van der Waals surface area contributed by atoms with Crippen molar-refractivity contribution in [2.45, 2.75) is 37.8 Å². The van der Waals surface area contributed by atoms with Crippen molar-refractivity contribution < 1.29 is 27.5 Å². The molecule has 1 N–H and O–H groups in total. The number of amides is 2. The Morgan fingerprint density at radius 1 is 0.975 bits per heavy atom. The average Bonchev–Trinajstić information content (AvgIpc) is 2.97. The first-order valence-electron chi connectivity index (χ1n) is 12.7. The number of halogens is 1. The Hall–Kier alpha value is -3.76. The molecule has 0 radical (unpaired) electrons. The standard InChI is InChI=1S/C29H34ClN3O6S/c1-5-16-31-29(35)21(2)32(19-22-10-9-11-24(17-22)38-3)28(34)20-33(26-18-23(30)14-15-27(26)39-4)40(36,37)25-12-7-6-8-13-25/h6-15,17-18,21H,5,16,19-20H2,1-4H3,(H,31,35)/t21-/m1/s1. The van der Waals surface area contributed by atoms with Gasteiger partial charge in [0.25, 0.3) is 10.0 Å². The molecule has 0 spiro atoms. The predicted molar refractivity (Wildman–Crippen MR) is 155 cm³/mol. The van der Waals surface area contributed by atoms with Crippen molar-refractivity contribution in [3.63, 3.8) is 0 Å². The number of anilines is 1. The van der Waals surface area contributed by atoms with Crippen LogP contribution in [0.4, 0.5) is 5.69 Å². The molecular weight excluding hydrogens is 554 g/mol. The van der Waals surface area contributed by atoms with Gasteiger partial charge in [-0.25, -0.2) is 8.42 Å². The van der Waals surface area contributed by atoms with Crippen LogP contribution in [0.25, 0.3) is 0 Å². The molecule has 0 aliphatic heterocycles. The number of nitrogens with one attached hydrogen (secondary N) is 1. The number of carbonyl (C=O) groups excluding carboxylic acids is 2. The van der Waals surface area contributed by atoms with Gasteiger partial charge in [-0.3, -0.25) is 13.9 Å². The van der Waals surface area contributed by atoms with E-state index in [1.807, 2.05) is 6.92 Å². The van der Waals surface area contributed by atoms with Crippen LogP contribution in [0.2, 0.25) is 5.02 Å². The van der Waals surface area contributed by atoms with Crippen molar-refractivity contribution in [1.82, 2.24) is 10.2 Å². The molecule has 214 valence electrons. The lowest BCUT2D eigenvalue weighted by molar-refractivity contribution is -0.139. The molecule has 0 heterocycles. The second-order valence-electron chi connectivity index (χ2n) is 8.98. The molecule has 3 rings (SSSR count). The summed E-state index contributed by atoms with van der Waals surface area (Å²) in [5.74, 6) is -0.144. The van der Waals surface area contributed by atoms with Gasteiger partial charge in [-0.05, 0) is 61.4 Å². The first kappa shape index (κ1) is 30.8. The Kier molecular flexibility index (Phi) is 10.8. The number of carbonyl (C=O) groups is 2. The molecule has 11 heteroatoms. The highest BCUT2D eigenvalue weighted by molar-refractivity contribution is 7.92. The zero-order valence-corrected chi connectivity index (χ0v) is 24.5. The van der Waals surface area contributed by atoms with E-state index >= 15 is 0 Å². The van der Waals surface area contributed by atoms with Crippen molar-refractivity contribution in [3.05, 3.63) is 83.4 Å². The zero-order valence-electron chi connectivity index (χ0n) is 23.0. The molecule has 0 aliphatic carbocycles. The van der Waals surface area contributed by atoms with Crippen molar-refractivity contribution in [1.29, 1.82) is 0 Å². The van der Waals surface area contributed by atoms with Gasteiger partial charge in [-0.1, -0.05) is 48.9 Å². The third-order valence-electron chi connectivity index (χ3n) is 6.22. The molecule has 0 fully saturated rings. The summed E-state index contributed by atoms with van der Waals surface area (Å²) in [5, 5.41) is 3.08. The first-order chi connectivity index (χ1) is 19.1. The fourth-order valence-electron chi connectivity index (χ4n) is 4.04. The van der Waals surface area contributed by atoms with Crippen molar-refractivity contribution in [2.24, 2.45) is 0 Å². The number of methoxy groups -OCH3 is 2. The van der Waals surface area contributed by atoms with E-state index in [2.05, 4.69) is 5.32 Å². The zero-order chi connectivity index (χ0) is 29.3. The summed E-state index contributed by atoms with van der Waals surface area (Å²) >= 11 is 6.25. The minimum atomic E-state index is -4.25. The highest BCUT2D eigenvalue weighted by atomic mass is 35.5. The average molecular weight is 588 g/mol. The molecule has 1 atom stereocenters. The maximum atomic E-state index is 14.0. The van der Waals surface area contributed by atoms with Crippen LogP contribution in [0, 0.1) is 0 Å². The van der Waals surface area contributed by atoms with Crippen LogP contribution in [-0.2, 0) is 26.2 Å². The third kappa shape index (κ3) is 7.45. The lowest BCUT2D eigenvalue weighted by atomic mass is 10.1. The van der Waals surface area contributed by atoms with E-state index < -0.39 is 28.5 Å². The summed E-state index contributed by atoms with van der Waals surface area (Å²) in [7, 11) is -1.31. The van der Waals surface area contributed by atoms with E-state index in [9.17, 15) is 18.0 Å². The molecule has 0 saturated carbocycles. The number of sulfonamides is 1. The van der Waals surface area contributed by atoms with Gasteiger partial charge >= 0.3 is 0 Å². The minimum Gasteiger partial charge on any atom is -0.497 e. The Morgan fingerprint density at radius 3 is 2.35 bits per heavy atom. The van der Waals surface area contributed by atoms with Crippen LogP contribution < -0.4 is 19.1 Å². The van der Waals surface area contributed by atoms with E-state index in [0.717, 1.165) is 10.7 Å². The monoisotopic (exact) mass is 587 g/mol. The van der Waals surface area contributed by atoms with Crippen LogP contribution in [0.5, 0.6) is 11.5 Å². The summed E-state index contributed by atoms with van der Waals surface area (Å²) in [6.07, 6.45) is 0.722. The molecule has 40 heavy (non-hydrogen) atoms. The SMILES string of the molecule is CCCNC(=O)[C@@H](C)N(Cc1cccc(OC)c1)C(=O)CN(c1cc(Cl)ccc1OC)S(=O)(=O)c1ccccc1.